The SMILES string of the molecule is C/C=C1/CN(C)[C@H]2Cc3c([nH]c4ccc(O)cc34)C(=O)C[C@H]1[C@H]2CO. The molecule has 1 aromatic heterocycles. The molecule has 3 atom stereocenters. The number of aromatic hydroxyl groups is 1. The number of rotatable bonds is 1. The maximum absolute atomic E-state index is 13.0. The maximum Gasteiger partial charge on any atom is 0.179 e. The Hall–Kier alpha value is -2.11. The molecule has 0 unspecified atom stereocenters. The highest BCUT2D eigenvalue weighted by atomic mass is 16.3. The van der Waals surface area contributed by atoms with Gasteiger partial charge in [0.05, 0.1) is 5.69 Å². The van der Waals surface area contributed by atoms with Crippen LogP contribution in [0.1, 0.15) is 29.4 Å². The molecule has 0 amide bonds. The Morgan fingerprint density at radius 2 is 2.16 bits per heavy atom. The molecule has 3 N–H and O–H groups in total. The predicted octanol–water partition coefficient (Wildman–Crippen LogP) is 2.49. The van der Waals surface area contributed by atoms with Crippen LogP contribution in [0, 0.1) is 11.8 Å². The van der Waals surface area contributed by atoms with Crippen LogP contribution >= 0.6 is 0 Å². The Morgan fingerprint density at radius 1 is 1.36 bits per heavy atom. The van der Waals surface area contributed by atoms with Gasteiger partial charge >= 0.3 is 0 Å². The van der Waals surface area contributed by atoms with Crippen molar-refractivity contribution >= 4 is 16.7 Å². The largest absolute Gasteiger partial charge is 0.508 e. The van der Waals surface area contributed by atoms with Crippen molar-refractivity contribution in [2.45, 2.75) is 25.8 Å². The van der Waals surface area contributed by atoms with Crippen LogP contribution in [0.4, 0.5) is 0 Å². The second kappa shape index (κ2) is 6.00. The lowest BCUT2D eigenvalue weighted by Crippen LogP contribution is -2.52. The molecular weight excluding hydrogens is 316 g/mol. The molecule has 2 aliphatic rings. The van der Waals surface area contributed by atoms with E-state index in [0.717, 1.165) is 23.0 Å². The highest BCUT2D eigenvalue weighted by Gasteiger charge is 2.42. The molecule has 0 radical (unpaired) electrons. The molecule has 5 heteroatoms. The Morgan fingerprint density at radius 3 is 2.88 bits per heavy atom. The van der Waals surface area contributed by atoms with Gasteiger partial charge in [-0.05, 0) is 50.1 Å². The van der Waals surface area contributed by atoms with Gasteiger partial charge in [-0.15, -0.1) is 0 Å². The summed E-state index contributed by atoms with van der Waals surface area (Å²) in [4.78, 5) is 18.6. The summed E-state index contributed by atoms with van der Waals surface area (Å²) < 4.78 is 0. The first kappa shape index (κ1) is 16.4. The smallest absolute Gasteiger partial charge is 0.179 e. The number of Topliss-reactive ketones (excluding diaryl/α,β-unsaturated/α-hetero) is 1. The van der Waals surface area contributed by atoms with Crippen molar-refractivity contribution in [3.05, 3.63) is 41.1 Å². The van der Waals surface area contributed by atoms with Gasteiger partial charge < -0.3 is 15.2 Å². The zero-order chi connectivity index (χ0) is 17.7. The molecule has 4 rings (SSSR count). The third-order valence-corrected chi connectivity index (χ3v) is 6.05. The summed E-state index contributed by atoms with van der Waals surface area (Å²) in [6.07, 6.45) is 3.21. The number of phenolic OH excluding ortho intramolecular Hbond substituents is 1. The quantitative estimate of drug-likeness (QED) is 0.697. The van der Waals surface area contributed by atoms with Gasteiger partial charge in [0.1, 0.15) is 5.75 Å². The number of allylic oxidation sites excluding steroid dienone is 1. The molecule has 132 valence electrons. The minimum Gasteiger partial charge on any atom is -0.508 e. The van der Waals surface area contributed by atoms with Crippen molar-refractivity contribution in [2.24, 2.45) is 11.8 Å². The number of nitrogens with one attached hydrogen (secondary N) is 1. The standard InChI is InChI=1S/C20H24N2O3/c1-3-11-9-22(2)18-7-15-14-6-12(24)4-5-17(14)21-20(15)19(25)8-13(11)16(18)10-23/h3-6,13,16,18,21,23-24H,7-10H2,1-2H3/b11-3-/t13-,16-,18+/m1/s1. The number of aromatic amines is 1. The van der Waals surface area contributed by atoms with Crippen molar-refractivity contribution in [3.8, 4) is 5.75 Å². The number of ketones is 1. The molecule has 0 saturated carbocycles. The molecule has 1 fully saturated rings. The van der Waals surface area contributed by atoms with Gasteiger partial charge in [-0.3, -0.25) is 9.69 Å². The number of carbonyl (C=O) groups is 1. The average molecular weight is 340 g/mol. The number of likely N-dealkylation sites (tertiary alicyclic amines) is 1. The molecule has 5 nitrogen and oxygen atoms in total. The molecule has 1 aliphatic heterocycles. The second-order valence-corrected chi connectivity index (χ2v) is 7.34. The van der Waals surface area contributed by atoms with Crippen molar-refractivity contribution in [1.82, 2.24) is 9.88 Å². The number of H-pyrrole nitrogens is 1. The number of aliphatic hydroxyl groups is 1. The van der Waals surface area contributed by atoms with E-state index < -0.39 is 0 Å². The summed E-state index contributed by atoms with van der Waals surface area (Å²) >= 11 is 0. The third-order valence-electron chi connectivity index (χ3n) is 6.05. The van der Waals surface area contributed by atoms with Crippen LogP contribution in [-0.2, 0) is 6.42 Å². The highest BCUT2D eigenvalue weighted by molar-refractivity contribution is 6.03. The molecule has 2 bridgehead atoms. The number of phenols is 1. The number of aliphatic hydroxyl groups excluding tert-OH is 1. The fraction of sp³-hybridized carbons (Fsp3) is 0.450. The molecule has 1 aromatic carbocycles. The average Bonchev–Trinajstić information content (AvgIpc) is 2.94. The lowest BCUT2D eigenvalue weighted by atomic mass is 9.71. The highest BCUT2D eigenvalue weighted by Crippen LogP contribution is 2.41. The minimum absolute atomic E-state index is 0.0457. The van der Waals surface area contributed by atoms with E-state index in [1.807, 2.05) is 13.0 Å². The molecule has 2 heterocycles. The first-order valence-electron chi connectivity index (χ1n) is 8.86. The number of benzene rings is 1. The van der Waals surface area contributed by atoms with Crippen LogP contribution in [0.15, 0.2) is 29.8 Å². The van der Waals surface area contributed by atoms with E-state index in [0.29, 0.717) is 18.5 Å². The topological polar surface area (TPSA) is 76.6 Å². The van der Waals surface area contributed by atoms with Crippen LogP contribution in [0.2, 0.25) is 0 Å². The molecule has 1 saturated heterocycles. The monoisotopic (exact) mass is 340 g/mol. The van der Waals surface area contributed by atoms with Crippen LogP contribution < -0.4 is 0 Å². The number of nitrogens with zero attached hydrogens (tertiary/aromatic N) is 1. The number of hydrogen-bond acceptors (Lipinski definition) is 4. The van der Waals surface area contributed by atoms with Gasteiger partial charge in [0.2, 0.25) is 0 Å². The third kappa shape index (κ3) is 2.50. The van der Waals surface area contributed by atoms with E-state index in [9.17, 15) is 15.0 Å². The van der Waals surface area contributed by atoms with E-state index in [-0.39, 0.29) is 36.0 Å². The van der Waals surface area contributed by atoms with Gasteiger partial charge in [0.15, 0.2) is 5.78 Å². The van der Waals surface area contributed by atoms with Gasteiger partial charge in [0, 0.05) is 42.4 Å². The Balaban J connectivity index is 1.90. The number of piperidine rings is 1. The lowest BCUT2D eigenvalue weighted by molar-refractivity contribution is 0.0518. The van der Waals surface area contributed by atoms with E-state index in [1.165, 1.54) is 5.57 Å². The Kier molecular flexibility index (Phi) is 3.93. The summed E-state index contributed by atoms with van der Waals surface area (Å²) in [5.41, 5.74) is 3.75. The van der Waals surface area contributed by atoms with Gasteiger partial charge in [0.25, 0.3) is 0 Å². The predicted molar refractivity (Wildman–Crippen MR) is 96.9 cm³/mol. The van der Waals surface area contributed by atoms with Crippen LogP contribution in [0.25, 0.3) is 10.9 Å². The fourth-order valence-corrected chi connectivity index (χ4v) is 4.73. The molecular formula is C20H24N2O3. The first-order chi connectivity index (χ1) is 12.0. The number of carbonyl (C=O) groups excluding carboxylic acids is 1. The maximum atomic E-state index is 13.0. The summed E-state index contributed by atoms with van der Waals surface area (Å²) in [5, 5.41) is 20.9. The van der Waals surface area contributed by atoms with E-state index in [2.05, 4.69) is 23.0 Å². The first-order valence-corrected chi connectivity index (χ1v) is 8.86. The minimum atomic E-state index is 0.0457. The van der Waals surface area contributed by atoms with Crippen LogP contribution in [-0.4, -0.2) is 52.1 Å². The molecule has 2 aromatic rings. The summed E-state index contributed by atoms with van der Waals surface area (Å²) in [6.45, 7) is 2.92. The van der Waals surface area contributed by atoms with Crippen molar-refractivity contribution < 1.29 is 15.0 Å². The van der Waals surface area contributed by atoms with Crippen molar-refractivity contribution in [1.29, 1.82) is 0 Å². The molecule has 1 aliphatic carbocycles. The number of aromatic nitrogens is 1. The molecule has 0 spiro atoms. The van der Waals surface area contributed by atoms with E-state index >= 15 is 0 Å². The lowest BCUT2D eigenvalue weighted by Gasteiger charge is -2.46. The number of fused-ring (bicyclic) bond motifs is 5. The van der Waals surface area contributed by atoms with E-state index in [1.54, 1.807) is 12.1 Å². The van der Waals surface area contributed by atoms with Crippen molar-refractivity contribution in [2.75, 3.05) is 20.2 Å². The zero-order valence-corrected chi connectivity index (χ0v) is 14.6. The summed E-state index contributed by atoms with van der Waals surface area (Å²) in [5.74, 6) is 0.436. The Bertz CT molecular complexity index is 867. The van der Waals surface area contributed by atoms with Gasteiger partial charge in [-0.2, -0.15) is 0 Å². The van der Waals surface area contributed by atoms with Crippen molar-refractivity contribution in [3.63, 3.8) is 0 Å². The summed E-state index contributed by atoms with van der Waals surface area (Å²) in [6, 6.07) is 5.35. The van der Waals surface area contributed by atoms with E-state index in [4.69, 9.17) is 0 Å². The van der Waals surface area contributed by atoms with Crippen LogP contribution in [0.3, 0.4) is 0 Å². The normalized spacial score (nSPS) is 28.8. The summed E-state index contributed by atoms with van der Waals surface area (Å²) in [7, 11) is 2.09. The zero-order valence-electron chi connectivity index (χ0n) is 14.6. The number of hydrogen-bond donors (Lipinski definition) is 3. The Labute approximate surface area is 147 Å². The van der Waals surface area contributed by atoms with Crippen LogP contribution in [0.5, 0.6) is 5.75 Å². The fourth-order valence-electron chi connectivity index (χ4n) is 4.73. The number of likely N-dealkylation sites (N-methyl/N-ethyl adjacent to an activating group) is 1. The van der Waals surface area contributed by atoms with Gasteiger partial charge in [-0.25, -0.2) is 0 Å². The molecule has 25 heavy (non-hydrogen) atoms. The second-order valence-electron chi connectivity index (χ2n) is 7.34. The van der Waals surface area contributed by atoms with Gasteiger partial charge in [-0.1, -0.05) is 11.6 Å².